The normalized spacial score (nSPS) is 11.7. The summed E-state index contributed by atoms with van der Waals surface area (Å²) in [7, 11) is 0. The summed E-state index contributed by atoms with van der Waals surface area (Å²) in [6.45, 7) is 8.44. The quantitative estimate of drug-likeness (QED) is 0.512. The number of hydrogen-bond donors (Lipinski definition) is 2. The predicted molar refractivity (Wildman–Crippen MR) is 78.9 cm³/mol. The molecule has 19 heavy (non-hydrogen) atoms. The lowest BCUT2D eigenvalue weighted by molar-refractivity contribution is -0.693. The summed E-state index contributed by atoms with van der Waals surface area (Å²) >= 11 is 1.79. The van der Waals surface area contributed by atoms with Crippen molar-refractivity contribution < 1.29 is 14.8 Å². The van der Waals surface area contributed by atoms with Crippen molar-refractivity contribution in [3.63, 3.8) is 0 Å². The molecule has 102 valence electrons. The molecule has 2 aromatic rings. The first-order chi connectivity index (χ1) is 8.90. The van der Waals surface area contributed by atoms with Crippen LogP contribution >= 0.6 is 11.8 Å². The first-order valence-electron chi connectivity index (χ1n) is 6.46. The zero-order valence-electron chi connectivity index (χ0n) is 11.7. The van der Waals surface area contributed by atoms with Crippen LogP contribution in [0, 0.1) is 0 Å². The van der Waals surface area contributed by atoms with E-state index < -0.39 is 0 Å². The van der Waals surface area contributed by atoms with Gasteiger partial charge in [-0.1, -0.05) is 13.8 Å². The molecule has 0 radical (unpaired) electrons. The van der Waals surface area contributed by atoms with Gasteiger partial charge in [-0.05, 0) is 32.0 Å². The van der Waals surface area contributed by atoms with Crippen LogP contribution in [-0.2, 0) is 0 Å². The number of aromatic nitrogens is 1. The van der Waals surface area contributed by atoms with Crippen LogP contribution in [0.2, 0.25) is 0 Å². The zero-order chi connectivity index (χ0) is 14.2. The van der Waals surface area contributed by atoms with Gasteiger partial charge in [0.25, 0.3) is 5.52 Å². The third-order valence-corrected chi connectivity index (χ3v) is 3.88. The van der Waals surface area contributed by atoms with Gasteiger partial charge in [-0.25, -0.2) is 0 Å². The molecule has 1 aromatic carbocycles. The van der Waals surface area contributed by atoms with Crippen molar-refractivity contribution in [3.8, 4) is 11.5 Å². The van der Waals surface area contributed by atoms with E-state index in [-0.39, 0.29) is 17.5 Å². The predicted octanol–water partition coefficient (Wildman–Crippen LogP) is 3.62. The lowest BCUT2D eigenvalue weighted by atomic mass is 10.1. The molecule has 4 heteroatoms. The summed E-state index contributed by atoms with van der Waals surface area (Å²) < 4.78 is 2.01. The van der Waals surface area contributed by atoms with E-state index >= 15 is 0 Å². The van der Waals surface area contributed by atoms with Gasteiger partial charge in [-0.15, -0.1) is 11.8 Å². The third-order valence-electron chi connectivity index (χ3n) is 2.91. The van der Waals surface area contributed by atoms with Gasteiger partial charge in [0.2, 0.25) is 5.75 Å². The minimum absolute atomic E-state index is 0.0488. The number of phenolic OH excluding ortho intramolecular Hbond substituents is 2. The average molecular weight is 278 g/mol. The van der Waals surface area contributed by atoms with E-state index in [0.717, 1.165) is 5.39 Å². The van der Waals surface area contributed by atoms with E-state index in [4.69, 9.17) is 0 Å². The monoisotopic (exact) mass is 278 g/mol. The smallest absolute Gasteiger partial charge is 0.258 e. The highest BCUT2D eigenvalue weighted by Crippen LogP contribution is 2.34. The number of hydrogen-bond acceptors (Lipinski definition) is 3. The van der Waals surface area contributed by atoms with Crippen LogP contribution in [0.1, 0.15) is 33.7 Å². The first-order valence-corrected chi connectivity index (χ1v) is 7.34. The standard InChI is InChI=1S/C15H19NO2S/c1-9(2)16-8-12(19-10(3)4)7-11-5-6-13(17)15(18)14(11)16/h5-10,18H,1-4H3/p+1. The highest BCUT2D eigenvalue weighted by atomic mass is 32.2. The molecule has 0 amide bonds. The molecule has 0 spiro atoms. The second kappa shape index (κ2) is 5.29. The average Bonchev–Trinajstić information content (AvgIpc) is 2.32. The molecule has 0 aliphatic carbocycles. The molecule has 0 aliphatic rings. The Hall–Kier alpha value is -1.42. The summed E-state index contributed by atoms with van der Waals surface area (Å²) in [5.41, 5.74) is 0.683. The molecule has 2 N–H and O–H groups in total. The maximum absolute atomic E-state index is 10.1. The number of nitrogens with zero attached hydrogens (tertiary/aromatic N) is 1. The van der Waals surface area contributed by atoms with Crippen LogP contribution in [-0.4, -0.2) is 15.5 Å². The van der Waals surface area contributed by atoms with Gasteiger partial charge in [-0.2, -0.15) is 4.57 Å². The van der Waals surface area contributed by atoms with Crippen molar-refractivity contribution >= 4 is 22.7 Å². The second-order valence-corrected chi connectivity index (χ2v) is 6.86. The molecule has 0 bridgehead atoms. The van der Waals surface area contributed by atoms with Crippen LogP contribution < -0.4 is 4.57 Å². The number of rotatable bonds is 3. The molecule has 0 aliphatic heterocycles. The summed E-state index contributed by atoms with van der Waals surface area (Å²) in [4.78, 5) is 1.17. The summed E-state index contributed by atoms with van der Waals surface area (Å²) in [6.07, 6.45) is 2.04. The van der Waals surface area contributed by atoms with Crippen LogP contribution in [0.4, 0.5) is 0 Å². The number of thioether (sulfide) groups is 1. The Labute approximate surface area is 117 Å². The van der Waals surface area contributed by atoms with Gasteiger partial charge in [0.05, 0.1) is 10.3 Å². The Balaban J connectivity index is 2.72. The minimum Gasteiger partial charge on any atom is -0.504 e. The van der Waals surface area contributed by atoms with E-state index in [1.54, 1.807) is 11.8 Å². The molecular weight excluding hydrogens is 258 g/mol. The Morgan fingerprint density at radius 3 is 2.37 bits per heavy atom. The van der Waals surface area contributed by atoms with Crippen molar-refractivity contribution in [1.29, 1.82) is 0 Å². The Kier molecular flexibility index (Phi) is 3.90. The lowest BCUT2D eigenvalue weighted by Gasteiger charge is -2.10. The number of benzene rings is 1. The van der Waals surface area contributed by atoms with Gasteiger partial charge >= 0.3 is 0 Å². The van der Waals surface area contributed by atoms with Gasteiger partial charge in [-0.3, -0.25) is 0 Å². The SMILES string of the molecule is CC(C)Sc1cc2ccc(O)c(O)c2[n+](C(C)C)c1. The maximum Gasteiger partial charge on any atom is 0.258 e. The molecule has 0 saturated carbocycles. The minimum atomic E-state index is -0.0776. The second-order valence-electron chi connectivity index (χ2n) is 5.21. The maximum atomic E-state index is 10.1. The van der Waals surface area contributed by atoms with Crippen LogP contribution in [0.3, 0.4) is 0 Å². The van der Waals surface area contributed by atoms with Gasteiger partial charge < -0.3 is 10.2 Å². The highest BCUT2D eigenvalue weighted by Gasteiger charge is 2.21. The zero-order valence-corrected chi connectivity index (χ0v) is 12.5. The molecule has 1 heterocycles. The molecule has 0 saturated heterocycles. The fourth-order valence-electron chi connectivity index (χ4n) is 2.11. The molecule has 0 fully saturated rings. The van der Waals surface area contributed by atoms with E-state index in [1.807, 2.05) is 16.8 Å². The van der Waals surface area contributed by atoms with Crippen molar-refractivity contribution in [2.45, 2.75) is 43.9 Å². The van der Waals surface area contributed by atoms with Crippen molar-refractivity contribution in [1.82, 2.24) is 0 Å². The number of pyridine rings is 1. The summed E-state index contributed by atoms with van der Waals surface area (Å²) in [6, 6.07) is 5.64. The fraction of sp³-hybridized carbons (Fsp3) is 0.400. The molecule has 1 aromatic heterocycles. The Morgan fingerprint density at radius 2 is 1.79 bits per heavy atom. The number of phenols is 2. The van der Waals surface area contributed by atoms with Crippen molar-refractivity contribution in [3.05, 3.63) is 24.4 Å². The summed E-state index contributed by atoms with van der Waals surface area (Å²) in [5.74, 6) is -0.126. The molecular formula is C15H20NO2S+. The molecule has 3 nitrogen and oxygen atoms in total. The van der Waals surface area contributed by atoms with Crippen LogP contribution in [0.15, 0.2) is 29.3 Å². The largest absolute Gasteiger partial charge is 0.504 e. The summed E-state index contributed by atoms with van der Waals surface area (Å²) in [5, 5.41) is 21.2. The van der Waals surface area contributed by atoms with E-state index in [0.29, 0.717) is 10.8 Å². The van der Waals surface area contributed by atoms with Crippen LogP contribution in [0.25, 0.3) is 10.9 Å². The van der Waals surface area contributed by atoms with Gasteiger partial charge in [0.1, 0.15) is 0 Å². The van der Waals surface area contributed by atoms with Gasteiger partial charge in [0, 0.05) is 5.25 Å². The van der Waals surface area contributed by atoms with Gasteiger partial charge in [0.15, 0.2) is 18.0 Å². The lowest BCUT2D eigenvalue weighted by Crippen LogP contribution is -2.37. The van der Waals surface area contributed by atoms with E-state index in [1.165, 1.54) is 11.0 Å². The van der Waals surface area contributed by atoms with Crippen molar-refractivity contribution in [2.24, 2.45) is 0 Å². The number of aromatic hydroxyl groups is 2. The highest BCUT2D eigenvalue weighted by molar-refractivity contribution is 7.99. The topological polar surface area (TPSA) is 44.3 Å². The molecule has 0 atom stereocenters. The first kappa shape index (κ1) is 14.0. The van der Waals surface area contributed by atoms with E-state index in [9.17, 15) is 10.2 Å². The Morgan fingerprint density at radius 1 is 1.11 bits per heavy atom. The number of fused-ring (bicyclic) bond motifs is 1. The van der Waals surface area contributed by atoms with Crippen molar-refractivity contribution in [2.75, 3.05) is 0 Å². The third kappa shape index (κ3) is 2.78. The van der Waals surface area contributed by atoms with E-state index in [2.05, 4.69) is 33.8 Å². The molecule has 2 rings (SSSR count). The molecule has 0 unspecified atom stereocenters. The fourth-order valence-corrected chi connectivity index (χ4v) is 3.02. The Bertz CT molecular complexity index is 609. The van der Waals surface area contributed by atoms with Crippen LogP contribution in [0.5, 0.6) is 11.5 Å².